The molecule has 8 nitrogen and oxygen atoms in total. The first-order valence-electron chi connectivity index (χ1n) is 9.33. The normalized spacial score (nSPS) is 49.6. The smallest absolute Gasteiger partial charge is 0.161 e. The molecule has 3 heterocycles. The SMILES string of the molecule is C[C@@H]1O[C@@H](O[C@@H]2C[C@H](O[C@H]3[C@H](O)C=CO[C@@H]3C)O[C@H](C)[C@H]2O)CC[C@@H]1O. The van der Waals surface area contributed by atoms with Gasteiger partial charge in [0, 0.05) is 12.8 Å². The van der Waals surface area contributed by atoms with Gasteiger partial charge in [-0.1, -0.05) is 0 Å². The van der Waals surface area contributed by atoms with Gasteiger partial charge in [0.05, 0.1) is 30.7 Å². The van der Waals surface area contributed by atoms with Gasteiger partial charge in [-0.25, -0.2) is 0 Å². The quantitative estimate of drug-likeness (QED) is 0.651. The van der Waals surface area contributed by atoms with Crippen LogP contribution in [-0.2, 0) is 23.7 Å². The lowest BCUT2D eigenvalue weighted by Crippen LogP contribution is -2.53. The van der Waals surface area contributed by atoms with Gasteiger partial charge in [-0.15, -0.1) is 0 Å². The lowest BCUT2D eigenvalue weighted by Gasteiger charge is -2.42. The maximum Gasteiger partial charge on any atom is 0.161 e. The zero-order valence-corrected chi connectivity index (χ0v) is 15.4. The molecule has 2 fully saturated rings. The van der Waals surface area contributed by atoms with Crippen molar-refractivity contribution in [3.05, 3.63) is 12.3 Å². The van der Waals surface area contributed by atoms with Crippen molar-refractivity contribution >= 4 is 0 Å². The first kappa shape index (κ1) is 20.0. The average molecular weight is 374 g/mol. The van der Waals surface area contributed by atoms with Crippen molar-refractivity contribution in [2.75, 3.05) is 0 Å². The molecule has 0 spiro atoms. The first-order chi connectivity index (χ1) is 12.3. The topological polar surface area (TPSA) is 107 Å². The van der Waals surface area contributed by atoms with Crippen LogP contribution in [0, 0.1) is 0 Å². The predicted molar refractivity (Wildman–Crippen MR) is 90.0 cm³/mol. The predicted octanol–water partition coefficient (Wildman–Crippen LogP) is 0.432. The Labute approximate surface area is 153 Å². The van der Waals surface area contributed by atoms with Gasteiger partial charge in [-0.3, -0.25) is 0 Å². The third kappa shape index (κ3) is 4.56. The third-order valence-electron chi connectivity index (χ3n) is 5.26. The molecule has 3 rings (SSSR count). The lowest BCUT2D eigenvalue weighted by molar-refractivity contribution is -0.310. The Hall–Kier alpha value is -0.740. The molecule has 150 valence electrons. The van der Waals surface area contributed by atoms with Gasteiger partial charge in [0.2, 0.25) is 0 Å². The number of aliphatic hydroxyl groups is 3. The van der Waals surface area contributed by atoms with Crippen LogP contribution in [0.25, 0.3) is 0 Å². The second-order valence-electron chi connectivity index (χ2n) is 7.35. The minimum Gasteiger partial charge on any atom is -0.496 e. The summed E-state index contributed by atoms with van der Waals surface area (Å²) in [5, 5.41) is 30.3. The molecule has 0 aromatic rings. The van der Waals surface area contributed by atoms with E-state index >= 15 is 0 Å². The van der Waals surface area contributed by atoms with E-state index in [1.165, 1.54) is 12.3 Å². The average Bonchev–Trinajstić information content (AvgIpc) is 2.59. The van der Waals surface area contributed by atoms with Crippen molar-refractivity contribution in [1.82, 2.24) is 0 Å². The molecule has 3 aliphatic rings. The molecule has 0 aromatic heterocycles. The largest absolute Gasteiger partial charge is 0.496 e. The van der Waals surface area contributed by atoms with Crippen molar-refractivity contribution in [3.8, 4) is 0 Å². The summed E-state index contributed by atoms with van der Waals surface area (Å²) in [4.78, 5) is 0. The Kier molecular flexibility index (Phi) is 6.55. The molecule has 0 unspecified atom stereocenters. The molecule has 8 heteroatoms. The first-order valence-corrected chi connectivity index (χ1v) is 9.33. The van der Waals surface area contributed by atoms with E-state index in [9.17, 15) is 15.3 Å². The van der Waals surface area contributed by atoms with Crippen molar-refractivity contribution in [3.63, 3.8) is 0 Å². The van der Waals surface area contributed by atoms with Gasteiger partial charge in [-0.05, 0) is 33.3 Å². The summed E-state index contributed by atoms with van der Waals surface area (Å²) in [7, 11) is 0. The monoisotopic (exact) mass is 374 g/mol. The van der Waals surface area contributed by atoms with Crippen LogP contribution in [0.4, 0.5) is 0 Å². The van der Waals surface area contributed by atoms with Gasteiger partial charge in [0.15, 0.2) is 12.6 Å². The summed E-state index contributed by atoms with van der Waals surface area (Å²) >= 11 is 0. The van der Waals surface area contributed by atoms with E-state index in [1.54, 1.807) is 13.8 Å². The summed E-state index contributed by atoms with van der Waals surface area (Å²) in [6.45, 7) is 5.37. The Balaban J connectivity index is 1.59. The van der Waals surface area contributed by atoms with Crippen LogP contribution in [0.1, 0.15) is 40.0 Å². The standard InChI is InChI=1S/C18H30O8/c1-9-12(19)4-5-15(23-9)25-14-8-16(24-10(2)17(14)21)26-18-11(3)22-7-6-13(18)20/h6-7,9-21H,4-5,8H2,1-3H3/t9-,10+,11+,12-,13+,14+,15-,16-,17+,18+/m0/s1. The fraction of sp³-hybridized carbons (Fsp3) is 0.889. The second-order valence-corrected chi connectivity index (χ2v) is 7.35. The van der Waals surface area contributed by atoms with Crippen LogP contribution in [0.5, 0.6) is 0 Å². The van der Waals surface area contributed by atoms with Crippen molar-refractivity contribution in [2.24, 2.45) is 0 Å². The highest BCUT2D eigenvalue weighted by Gasteiger charge is 2.41. The summed E-state index contributed by atoms with van der Waals surface area (Å²) in [6, 6.07) is 0. The van der Waals surface area contributed by atoms with Crippen LogP contribution in [0.3, 0.4) is 0 Å². The summed E-state index contributed by atoms with van der Waals surface area (Å²) < 4.78 is 28.6. The van der Waals surface area contributed by atoms with Gasteiger partial charge >= 0.3 is 0 Å². The van der Waals surface area contributed by atoms with Gasteiger partial charge in [0.1, 0.15) is 24.4 Å². The number of aliphatic hydroxyl groups excluding tert-OH is 3. The van der Waals surface area contributed by atoms with E-state index in [0.29, 0.717) is 19.3 Å². The van der Waals surface area contributed by atoms with Crippen LogP contribution >= 0.6 is 0 Å². The van der Waals surface area contributed by atoms with E-state index < -0.39 is 49.2 Å². The fourth-order valence-corrected chi connectivity index (χ4v) is 3.55. The summed E-state index contributed by atoms with van der Waals surface area (Å²) in [6.07, 6.45) is -0.952. The van der Waals surface area contributed by atoms with E-state index in [2.05, 4.69) is 0 Å². The second kappa shape index (κ2) is 8.52. The molecule has 0 radical (unpaired) electrons. The highest BCUT2D eigenvalue weighted by atomic mass is 16.7. The number of hydrogen-bond acceptors (Lipinski definition) is 8. The molecular weight excluding hydrogens is 344 g/mol. The number of hydrogen-bond donors (Lipinski definition) is 3. The van der Waals surface area contributed by atoms with Gasteiger partial charge in [0.25, 0.3) is 0 Å². The Bertz CT molecular complexity index is 486. The van der Waals surface area contributed by atoms with Gasteiger partial charge in [-0.2, -0.15) is 0 Å². The van der Waals surface area contributed by atoms with E-state index in [-0.39, 0.29) is 12.2 Å². The molecule has 0 aliphatic carbocycles. The van der Waals surface area contributed by atoms with E-state index in [4.69, 9.17) is 23.7 Å². The Morgan fingerprint density at radius 3 is 2.31 bits per heavy atom. The summed E-state index contributed by atoms with van der Waals surface area (Å²) in [5.41, 5.74) is 0. The van der Waals surface area contributed by atoms with Crippen LogP contribution in [-0.4, -0.2) is 76.7 Å². The van der Waals surface area contributed by atoms with Crippen molar-refractivity contribution < 1.29 is 39.0 Å². The fourth-order valence-electron chi connectivity index (χ4n) is 3.55. The molecule has 0 amide bonds. The maximum absolute atomic E-state index is 10.4. The Morgan fingerprint density at radius 2 is 1.62 bits per heavy atom. The Morgan fingerprint density at radius 1 is 0.885 bits per heavy atom. The van der Waals surface area contributed by atoms with Crippen LogP contribution in [0.15, 0.2) is 12.3 Å². The molecule has 26 heavy (non-hydrogen) atoms. The van der Waals surface area contributed by atoms with E-state index in [1.807, 2.05) is 6.92 Å². The number of ether oxygens (including phenoxy) is 5. The van der Waals surface area contributed by atoms with Crippen molar-refractivity contribution in [2.45, 2.75) is 101 Å². The zero-order valence-electron chi connectivity index (χ0n) is 15.4. The third-order valence-corrected chi connectivity index (χ3v) is 5.26. The van der Waals surface area contributed by atoms with Crippen molar-refractivity contribution in [1.29, 1.82) is 0 Å². The summed E-state index contributed by atoms with van der Waals surface area (Å²) in [5.74, 6) is 0. The highest BCUT2D eigenvalue weighted by Crippen LogP contribution is 2.30. The minimum atomic E-state index is -0.814. The molecule has 3 N–H and O–H groups in total. The lowest BCUT2D eigenvalue weighted by atomic mass is 10.0. The molecule has 0 saturated carbocycles. The number of rotatable bonds is 4. The molecule has 3 aliphatic heterocycles. The van der Waals surface area contributed by atoms with Crippen LogP contribution in [0.2, 0.25) is 0 Å². The maximum atomic E-state index is 10.4. The van der Waals surface area contributed by atoms with E-state index in [0.717, 1.165) is 0 Å². The molecule has 2 saturated heterocycles. The molecule has 0 aromatic carbocycles. The van der Waals surface area contributed by atoms with Gasteiger partial charge < -0.3 is 39.0 Å². The zero-order chi connectivity index (χ0) is 18.8. The minimum absolute atomic E-state index is 0.307. The molecular formula is C18H30O8. The van der Waals surface area contributed by atoms with Crippen LogP contribution < -0.4 is 0 Å². The molecule has 0 bridgehead atoms. The highest BCUT2D eigenvalue weighted by molar-refractivity contribution is 4.97. The molecule has 10 atom stereocenters.